The van der Waals surface area contributed by atoms with Crippen LogP contribution in [0.3, 0.4) is 0 Å². The van der Waals surface area contributed by atoms with Gasteiger partial charge in [0, 0.05) is 24.7 Å². The van der Waals surface area contributed by atoms with E-state index in [1.54, 1.807) is 0 Å². The molecule has 0 spiro atoms. The van der Waals surface area contributed by atoms with Crippen molar-refractivity contribution in [3.63, 3.8) is 0 Å². The van der Waals surface area contributed by atoms with Crippen molar-refractivity contribution in [1.82, 2.24) is 10.6 Å². The van der Waals surface area contributed by atoms with Crippen LogP contribution in [0.4, 0.5) is 0 Å². The van der Waals surface area contributed by atoms with E-state index in [0.717, 1.165) is 26.0 Å². The molecular weight excluding hydrogens is 252 g/mol. The van der Waals surface area contributed by atoms with Crippen LogP contribution in [0.2, 0.25) is 0 Å². The molecule has 0 aromatic carbocycles. The Morgan fingerprint density at radius 2 is 2.28 bits per heavy atom. The maximum absolute atomic E-state index is 11.5. The van der Waals surface area contributed by atoms with Gasteiger partial charge < -0.3 is 15.4 Å². The fourth-order valence-electron chi connectivity index (χ4n) is 2.65. The van der Waals surface area contributed by atoms with E-state index in [2.05, 4.69) is 24.5 Å². The van der Waals surface area contributed by atoms with Crippen molar-refractivity contribution < 1.29 is 13.2 Å². The third-order valence-electron chi connectivity index (χ3n) is 4.21. The average molecular weight is 276 g/mol. The van der Waals surface area contributed by atoms with Crippen molar-refractivity contribution in [1.29, 1.82) is 0 Å². The van der Waals surface area contributed by atoms with Gasteiger partial charge in [-0.25, -0.2) is 8.42 Å². The Hall–Kier alpha value is -0.170. The smallest absolute Gasteiger partial charge is 0.153 e. The van der Waals surface area contributed by atoms with Crippen LogP contribution in [0.15, 0.2) is 0 Å². The highest BCUT2D eigenvalue weighted by Gasteiger charge is 2.36. The highest BCUT2D eigenvalue weighted by Crippen LogP contribution is 2.24. The largest absolute Gasteiger partial charge is 0.377 e. The van der Waals surface area contributed by atoms with Crippen LogP contribution in [0.5, 0.6) is 0 Å². The monoisotopic (exact) mass is 276 g/mol. The topological polar surface area (TPSA) is 67.4 Å². The second-order valence-corrected chi connectivity index (χ2v) is 7.89. The van der Waals surface area contributed by atoms with Gasteiger partial charge >= 0.3 is 0 Å². The number of hydrogen-bond acceptors (Lipinski definition) is 5. The molecule has 18 heavy (non-hydrogen) atoms. The van der Waals surface area contributed by atoms with Crippen LogP contribution >= 0.6 is 0 Å². The highest BCUT2D eigenvalue weighted by atomic mass is 32.2. The fourth-order valence-corrected chi connectivity index (χ4v) is 4.14. The normalized spacial score (nSPS) is 39.9. The van der Waals surface area contributed by atoms with E-state index in [-0.39, 0.29) is 29.2 Å². The molecule has 2 heterocycles. The Morgan fingerprint density at radius 3 is 2.89 bits per heavy atom. The van der Waals surface area contributed by atoms with Gasteiger partial charge in [-0.2, -0.15) is 0 Å². The van der Waals surface area contributed by atoms with Crippen molar-refractivity contribution in [2.75, 3.05) is 31.2 Å². The summed E-state index contributed by atoms with van der Waals surface area (Å²) >= 11 is 0. The Kier molecular flexibility index (Phi) is 4.31. The first-order valence-corrected chi connectivity index (χ1v) is 8.54. The number of sulfone groups is 1. The Labute approximate surface area is 110 Å². The van der Waals surface area contributed by atoms with E-state index in [0.29, 0.717) is 6.54 Å². The predicted octanol–water partition coefficient (Wildman–Crippen LogP) is -0.0798. The second kappa shape index (κ2) is 5.45. The van der Waals surface area contributed by atoms with E-state index in [1.165, 1.54) is 0 Å². The summed E-state index contributed by atoms with van der Waals surface area (Å²) in [5.74, 6) is 0.553. The molecule has 0 amide bonds. The first kappa shape index (κ1) is 14.2. The Balaban J connectivity index is 1.75. The number of nitrogens with one attached hydrogen (secondary N) is 2. The first-order valence-electron chi connectivity index (χ1n) is 6.72. The summed E-state index contributed by atoms with van der Waals surface area (Å²) in [6.07, 6.45) is 2.09. The summed E-state index contributed by atoms with van der Waals surface area (Å²) in [5, 5.41) is 6.80. The molecule has 2 fully saturated rings. The van der Waals surface area contributed by atoms with E-state index >= 15 is 0 Å². The molecule has 0 aliphatic carbocycles. The zero-order valence-electron chi connectivity index (χ0n) is 11.2. The molecule has 2 aliphatic heterocycles. The van der Waals surface area contributed by atoms with E-state index < -0.39 is 9.84 Å². The van der Waals surface area contributed by atoms with Crippen LogP contribution < -0.4 is 10.6 Å². The summed E-state index contributed by atoms with van der Waals surface area (Å²) in [6.45, 7) is 6.49. The fraction of sp³-hybridized carbons (Fsp3) is 1.00. The third kappa shape index (κ3) is 3.44. The van der Waals surface area contributed by atoms with E-state index in [9.17, 15) is 8.42 Å². The molecule has 5 nitrogen and oxygen atoms in total. The summed E-state index contributed by atoms with van der Waals surface area (Å²) in [7, 11) is -2.82. The number of ether oxygens (including phenoxy) is 1. The molecule has 3 atom stereocenters. The molecule has 106 valence electrons. The maximum atomic E-state index is 11.5. The molecule has 0 bridgehead atoms. The minimum Gasteiger partial charge on any atom is -0.377 e. The molecule has 0 aromatic heterocycles. The summed E-state index contributed by atoms with van der Waals surface area (Å²) in [5.41, 5.74) is 0.0353. The van der Waals surface area contributed by atoms with Gasteiger partial charge in [0.25, 0.3) is 0 Å². The summed E-state index contributed by atoms with van der Waals surface area (Å²) in [6, 6.07) is 0.0949. The highest BCUT2D eigenvalue weighted by molar-refractivity contribution is 7.91. The molecule has 2 aliphatic rings. The van der Waals surface area contributed by atoms with E-state index in [4.69, 9.17) is 4.74 Å². The lowest BCUT2D eigenvalue weighted by Gasteiger charge is -2.31. The third-order valence-corrected chi connectivity index (χ3v) is 5.95. The second-order valence-electron chi connectivity index (χ2n) is 5.66. The minimum atomic E-state index is -2.82. The van der Waals surface area contributed by atoms with Gasteiger partial charge in [-0.1, -0.05) is 0 Å². The Morgan fingerprint density at radius 1 is 1.50 bits per heavy atom. The lowest BCUT2D eigenvalue weighted by atomic mass is 9.94. The minimum absolute atomic E-state index is 0.0353. The van der Waals surface area contributed by atoms with Gasteiger partial charge in [-0.3, -0.25) is 0 Å². The maximum Gasteiger partial charge on any atom is 0.153 e. The molecule has 2 rings (SSSR count). The van der Waals surface area contributed by atoms with Gasteiger partial charge in [-0.15, -0.1) is 0 Å². The van der Waals surface area contributed by atoms with Gasteiger partial charge in [0.05, 0.1) is 17.6 Å². The van der Waals surface area contributed by atoms with Crippen molar-refractivity contribution in [3.05, 3.63) is 0 Å². The quantitative estimate of drug-likeness (QED) is 0.752. The summed E-state index contributed by atoms with van der Waals surface area (Å²) < 4.78 is 28.6. The molecular formula is C12H24N2O3S. The van der Waals surface area contributed by atoms with Crippen molar-refractivity contribution in [3.8, 4) is 0 Å². The zero-order valence-corrected chi connectivity index (χ0v) is 12.1. The number of rotatable bonds is 4. The standard InChI is InChI=1S/C12H24N2O3S/c1-10-12(2,4-7-17-10)14-5-3-11-9-18(15,16)8-6-13-11/h10-11,13-14H,3-9H2,1-2H3. The van der Waals surface area contributed by atoms with Crippen LogP contribution in [0.1, 0.15) is 26.7 Å². The lowest BCUT2D eigenvalue weighted by molar-refractivity contribution is 0.0884. The molecule has 0 aromatic rings. The summed E-state index contributed by atoms with van der Waals surface area (Å²) in [4.78, 5) is 0. The van der Waals surface area contributed by atoms with Crippen molar-refractivity contribution in [2.45, 2.75) is 44.4 Å². The Bertz CT molecular complexity index is 385. The molecule has 2 saturated heterocycles. The molecule has 2 N–H and O–H groups in total. The SMILES string of the molecule is CC1OCCC1(C)NCCC1CS(=O)(=O)CCN1. The lowest BCUT2D eigenvalue weighted by Crippen LogP contribution is -2.51. The van der Waals surface area contributed by atoms with Gasteiger partial charge in [0.1, 0.15) is 0 Å². The van der Waals surface area contributed by atoms with Crippen molar-refractivity contribution >= 4 is 9.84 Å². The van der Waals surface area contributed by atoms with Gasteiger partial charge in [-0.05, 0) is 33.2 Å². The predicted molar refractivity (Wildman–Crippen MR) is 71.5 cm³/mol. The van der Waals surface area contributed by atoms with Gasteiger partial charge in [0.2, 0.25) is 0 Å². The van der Waals surface area contributed by atoms with Crippen LogP contribution in [0.25, 0.3) is 0 Å². The first-order chi connectivity index (χ1) is 8.41. The zero-order chi connectivity index (χ0) is 13.2. The van der Waals surface area contributed by atoms with Crippen LogP contribution in [-0.4, -0.2) is 57.3 Å². The van der Waals surface area contributed by atoms with Gasteiger partial charge in [0.15, 0.2) is 9.84 Å². The van der Waals surface area contributed by atoms with Crippen LogP contribution in [-0.2, 0) is 14.6 Å². The molecule has 3 unspecified atom stereocenters. The number of hydrogen-bond donors (Lipinski definition) is 2. The van der Waals surface area contributed by atoms with Crippen molar-refractivity contribution in [2.24, 2.45) is 0 Å². The molecule has 0 saturated carbocycles. The molecule has 0 radical (unpaired) electrons. The average Bonchev–Trinajstić information content (AvgIpc) is 2.58. The van der Waals surface area contributed by atoms with E-state index in [1.807, 2.05) is 0 Å². The van der Waals surface area contributed by atoms with Crippen LogP contribution in [0, 0.1) is 0 Å². The molecule has 6 heteroatoms.